The molecule has 2 rings (SSSR count). The fourth-order valence-electron chi connectivity index (χ4n) is 2.46. The van der Waals surface area contributed by atoms with Crippen molar-refractivity contribution in [3.63, 3.8) is 0 Å². The zero-order valence-corrected chi connectivity index (χ0v) is 11.0. The number of aliphatic hydroxyl groups excluding tert-OH is 2. The normalized spacial score (nSPS) is 21.3. The number of aromatic nitrogens is 1. The highest BCUT2D eigenvalue weighted by Gasteiger charge is 2.36. The van der Waals surface area contributed by atoms with Crippen molar-refractivity contribution in [3.8, 4) is 0 Å². The van der Waals surface area contributed by atoms with Crippen LogP contribution in [0.15, 0.2) is 6.20 Å². The lowest BCUT2D eigenvalue weighted by Gasteiger charge is -2.29. The Hall–Kier alpha value is -0.660. The monoisotopic (exact) mass is 295 g/mol. The first-order chi connectivity index (χ1) is 8.89. The van der Waals surface area contributed by atoms with Crippen LogP contribution in [0.25, 0.3) is 0 Å². The standard InChI is InChI=1S/C12H16F3NO2S/c13-12(14,15)11-16-6-8(19-11)10(18)9(17)7-4-2-1-3-5-7/h6-7,9-10,17-18H,1-5H2. The van der Waals surface area contributed by atoms with E-state index in [-0.39, 0.29) is 10.8 Å². The van der Waals surface area contributed by atoms with Gasteiger partial charge in [0.05, 0.1) is 11.0 Å². The van der Waals surface area contributed by atoms with Crippen LogP contribution in [-0.2, 0) is 6.18 Å². The van der Waals surface area contributed by atoms with Crippen LogP contribution in [0.4, 0.5) is 13.2 Å². The molecule has 1 aromatic rings. The average Bonchev–Trinajstić information content (AvgIpc) is 2.87. The number of rotatable bonds is 3. The summed E-state index contributed by atoms with van der Waals surface area (Å²) < 4.78 is 37.3. The first kappa shape index (κ1) is 14.7. The Morgan fingerprint density at radius 1 is 1.21 bits per heavy atom. The molecule has 1 aliphatic rings. The summed E-state index contributed by atoms with van der Waals surface area (Å²) in [5, 5.41) is 19.0. The van der Waals surface area contributed by atoms with Gasteiger partial charge in [-0.05, 0) is 18.8 Å². The first-order valence-corrected chi connectivity index (χ1v) is 7.10. The summed E-state index contributed by atoms with van der Waals surface area (Å²) in [5.74, 6) is -0.0415. The van der Waals surface area contributed by atoms with E-state index in [1.54, 1.807) is 0 Å². The van der Waals surface area contributed by atoms with Crippen LogP contribution < -0.4 is 0 Å². The minimum absolute atomic E-state index is 0.0415. The highest BCUT2D eigenvalue weighted by atomic mass is 32.1. The molecule has 2 unspecified atom stereocenters. The molecule has 0 spiro atoms. The van der Waals surface area contributed by atoms with Gasteiger partial charge in [-0.2, -0.15) is 13.2 Å². The van der Waals surface area contributed by atoms with Crippen LogP contribution in [0.1, 0.15) is 48.1 Å². The molecule has 108 valence electrons. The Kier molecular flexibility index (Phi) is 4.47. The maximum Gasteiger partial charge on any atom is 0.443 e. The topological polar surface area (TPSA) is 53.4 Å². The van der Waals surface area contributed by atoms with Gasteiger partial charge in [-0.3, -0.25) is 0 Å². The van der Waals surface area contributed by atoms with Gasteiger partial charge >= 0.3 is 6.18 Å². The molecule has 1 saturated carbocycles. The van der Waals surface area contributed by atoms with Crippen molar-refractivity contribution in [2.24, 2.45) is 5.92 Å². The van der Waals surface area contributed by atoms with Crippen molar-refractivity contribution in [1.82, 2.24) is 4.98 Å². The summed E-state index contributed by atoms with van der Waals surface area (Å²) in [7, 11) is 0. The molecule has 0 aliphatic heterocycles. The van der Waals surface area contributed by atoms with Gasteiger partial charge < -0.3 is 10.2 Å². The molecule has 0 amide bonds. The quantitative estimate of drug-likeness (QED) is 0.900. The molecule has 2 atom stereocenters. The second-order valence-electron chi connectivity index (χ2n) is 4.90. The lowest BCUT2D eigenvalue weighted by atomic mass is 9.83. The molecule has 0 bridgehead atoms. The fourth-order valence-corrected chi connectivity index (χ4v) is 3.27. The number of nitrogens with zero attached hydrogens (tertiary/aromatic N) is 1. The summed E-state index contributed by atoms with van der Waals surface area (Å²) >= 11 is 0.394. The molecule has 1 aliphatic carbocycles. The second kappa shape index (κ2) is 5.76. The van der Waals surface area contributed by atoms with Crippen LogP contribution in [0.3, 0.4) is 0 Å². The molecule has 0 aromatic carbocycles. The summed E-state index contributed by atoms with van der Waals surface area (Å²) in [6.07, 6.45) is -1.08. The molecule has 0 radical (unpaired) electrons. The molecule has 1 fully saturated rings. The van der Waals surface area contributed by atoms with Gasteiger partial charge in [-0.1, -0.05) is 19.3 Å². The van der Waals surface area contributed by atoms with Gasteiger partial charge in [-0.15, -0.1) is 11.3 Å². The minimum atomic E-state index is -4.50. The third-order valence-electron chi connectivity index (χ3n) is 3.51. The van der Waals surface area contributed by atoms with Crippen molar-refractivity contribution < 1.29 is 23.4 Å². The maximum atomic E-state index is 12.4. The number of hydrogen-bond donors (Lipinski definition) is 2. The number of hydrogen-bond acceptors (Lipinski definition) is 4. The molecule has 0 saturated heterocycles. The van der Waals surface area contributed by atoms with Crippen LogP contribution in [0, 0.1) is 5.92 Å². The summed E-state index contributed by atoms with van der Waals surface area (Å²) in [5.41, 5.74) is 0. The Morgan fingerprint density at radius 3 is 2.37 bits per heavy atom. The molecular formula is C12H16F3NO2S. The molecule has 7 heteroatoms. The lowest BCUT2D eigenvalue weighted by molar-refractivity contribution is -0.137. The van der Waals surface area contributed by atoms with Gasteiger partial charge in [0, 0.05) is 6.20 Å². The van der Waals surface area contributed by atoms with Gasteiger partial charge in [-0.25, -0.2) is 4.98 Å². The lowest BCUT2D eigenvalue weighted by Crippen LogP contribution is -2.28. The zero-order valence-electron chi connectivity index (χ0n) is 10.2. The van der Waals surface area contributed by atoms with Gasteiger partial charge in [0.1, 0.15) is 6.10 Å². The van der Waals surface area contributed by atoms with Crippen molar-refractivity contribution in [2.75, 3.05) is 0 Å². The molecule has 19 heavy (non-hydrogen) atoms. The van der Waals surface area contributed by atoms with Crippen molar-refractivity contribution in [1.29, 1.82) is 0 Å². The predicted molar refractivity (Wildman–Crippen MR) is 64.7 cm³/mol. The number of halogens is 3. The van der Waals surface area contributed by atoms with Gasteiger partial charge in [0.15, 0.2) is 5.01 Å². The number of aliphatic hydroxyl groups is 2. The zero-order chi connectivity index (χ0) is 14.0. The summed E-state index contributed by atoms with van der Waals surface area (Å²) in [6.45, 7) is 0. The van der Waals surface area contributed by atoms with E-state index in [9.17, 15) is 23.4 Å². The third-order valence-corrected chi connectivity index (χ3v) is 4.63. The van der Waals surface area contributed by atoms with E-state index >= 15 is 0 Å². The van der Waals surface area contributed by atoms with Crippen molar-refractivity contribution in [3.05, 3.63) is 16.1 Å². The van der Waals surface area contributed by atoms with E-state index in [2.05, 4.69) is 4.98 Å². The second-order valence-corrected chi connectivity index (χ2v) is 5.96. The van der Waals surface area contributed by atoms with E-state index in [0.717, 1.165) is 38.3 Å². The Labute approximate surface area is 113 Å². The van der Waals surface area contributed by atoms with Crippen molar-refractivity contribution >= 4 is 11.3 Å². The SMILES string of the molecule is OC(c1cnc(C(F)(F)F)s1)C(O)C1CCCCC1. The number of thiazole rings is 1. The molecule has 2 N–H and O–H groups in total. The molecule has 1 aromatic heterocycles. The fraction of sp³-hybridized carbons (Fsp3) is 0.750. The first-order valence-electron chi connectivity index (χ1n) is 6.28. The van der Waals surface area contributed by atoms with Crippen LogP contribution >= 0.6 is 11.3 Å². The van der Waals surface area contributed by atoms with E-state index in [0.29, 0.717) is 11.3 Å². The van der Waals surface area contributed by atoms with Gasteiger partial charge in [0.25, 0.3) is 0 Å². The minimum Gasteiger partial charge on any atom is -0.390 e. The Morgan fingerprint density at radius 2 is 1.84 bits per heavy atom. The van der Waals surface area contributed by atoms with Crippen LogP contribution in [0.2, 0.25) is 0 Å². The molecule has 3 nitrogen and oxygen atoms in total. The van der Waals surface area contributed by atoms with E-state index in [4.69, 9.17) is 0 Å². The maximum absolute atomic E-state index is 12.4. The predicted octanol–water partition coefficient (Wildman–Crippen LogP) is 3.14. The average molecular weight is 295 g/mol. The summed E-state index contributed by atoms with van der Waals surface area (Å²) in [4.78, 5) is 3.33. The van der Waals surface area contributed by atoms with Gasteiger partial charge in [0.2, 0.25) is 0 Å². The largest absolute Gasteiger partial charge is 0.443 e. The smallest absolute Gasteiger partial charge is 0.390 e. The molecule has 1 heterocycles. The molecular weight excluding hydrogens is 279 g/mol. The van der Waals surface area contributed by atoms with E-state index in [1.807, 2.05) is 0 Å². The van der Waals surface area contributed by atoms with E-state index in [1.165, 1.54) is 0 Å². The highest BCUT2D eigenvalue weighted by Crippen LogP contribution is 2.37. The third kappa shape index (κ3) is 3.46. The number of alkyl halides is 3. The van der Waals surface area contributed by atoms with Crippen LogP contribution in [-0.4, -0.2) is 21.3 Å². The van der Waals surface area contributed by atoms with Crippen LogP contribution in [0.5, 0.6) is 0 Å². The highest BCUT2D eigenvalue weighted by molar-refractivity contribution is 7.11. The van der Waals surface area contributed by atoms with Crippen molar-refractivity contribution in [2.45, 2.75) is 50.5 Å². The van der Waals surface area contributed by atoms with E-state index < -0.39 is 23.4 Å². The Balaban J connectivity index is 2.06. The Bertz CT molecular complexity index is 415. The summed E-state index contributed by atoms with van der Waals surface area (Å²) in [6, 6.07) is 0.